The topological polar surface area (TPSA) is 106 Å². The normalized spacial score (nSPS) is 11.1. The summed E-state index contributed by atoms with van der Waals surface area (Å²) in [6.07, 6.45) is 1.66. The Labute approximate surface area is 178 Å². The fourth-order valence-electron chi connectivity index (χ4n) is 3.00. The Kier molecular flexibility index (Phi) is 5.17. The molecule has 2 N–H and O–H groups in total. The fraction of sp³-hybridized carbons (Fsp3) is 0.150. The van der Waals surface area contributed by atoms with E-state index in [1.165, 1.54) is 24.3 Å². The van der Waals surface area contributed by atoms with Crippen molar-refractivity contribution >= 4 is 38.8 Å². The van der Waals surface area contributed by atoms with E-state index in [4.69, 9.17) is 0 Å². The number of fused-ring (bicyclic) bond motifs is 1. The molecule has 152 valence electrons. The van der Waals surface area contributed by atoms with Gasteiger partial charge in [0.2, 0.25) is 11.4 Å². The SMILES string of the molecule is CCn1cc(-c2nc(NC(=O)c3ccc(F)cc3)n[nH]2)c(=O)c2cc(Br)c(C)nc21. The number of aromatic nitrogens is 5. The number of hydrogen-bond donors (Lipinski definition) is 2. The average molecular weight is 471 g/mol. The van der Waals surface area contributed by atoms with Crippen molar-refractivity contribution in [3.05, 3.63) is 68.3 Å². The molecule has 0 unspecified atom stereocenters. The number of carbonyl (C=O) groups excluding carboxylic acids is 1. The Morgan fingerprint density at radius 3 is 2.70 bits per heavy atom. The zero-order valence-electron chi connectivity index (χ0n) is 16.0. The van der Waals surface area contributed by atoms with E-state index in [0.717, 1.165) is 10.2 Å². The standard InChI is InChI=1S/C20H16BrFN6O2/c1-3-28-9-14(16(29)13-8-15(21)10(2)23-18(13)28)17-24-20(27-26-17)25-19(30)11-4-6-12(22)7-5-11/h4-9H,3H2,1-2H3,(H2,24,25,26,27,30). The number of pyridine rings is 2. The van der Waals surface area contributed by atoms with Gasteiger partial charge >= 0.3 is 0 Å². The summed E-state index contributed by atoms with van der Waals surface area (Å²) in [4.78, 5) is 34.1. The maximum absolute atomic E-state index is 13.1. The van der Waals surface area contributed by atoms with Gasteiger partial charge in [0.05, 0.1) is 16.6 Å². The van der Waals surface area contributed by atoms with E-state index >= 15 is 0 Å². The van der Waals surface area contributed by atoms with Crippen molar-refractivity contribution in [1.29, 1.82) is 0 Å². The zero-order chi connectivity index (χ0) is 21.4. The number of nitrogens with zero attached hydrogens (tertiary/aromatic N) is 4. The Morgan fingerprint density at radius 1 is 1.27 bits per heavy atom. The number of halogens is 2. The molecule has 0 saturated carbocycles. The molecule has 0 saturated heterocycles. The first kappa shape index (κ1) is 19.9. The van der Waals surface area contributed by atoms with Crippen molar-refractivity contribution in [1.82, 2.24) is 24.7 Å². The molecule has 30 heavy (non-hydrogen) atoms. The minimum Gasteiger partial charge on any atom is -0.332 e. The molecule has 0 atom stereocenters. The molecule has 0 aliphatic carbocycles. The van der Waals surface area contributed by atoms with Crippen LogP contribution >= 0.6 is 15.9 Å². The first-order valence-electron chi connectivity index (χ1n) is 9.07. The third kappa shape index (κ3) is 3.61. The predicted octanol–water partition coefficient (Wildman–Crippen LogP) is 3.66. The van der Waals surface area contributed by atoms with Crippen LogP contribution in [0.5, 0.6) is 0 Å². The molecule has 0 fully saturated rings. The van der Waals surface area contributed by atoms with Gasteiger partial charge in [-0.3, -0.25) is 20.0 Å². The Bertz CT molecular complexity index is 1330. The minimum absolute atomic E-state index is 0.00471. The summed E-state index contributed by atoms with van der Waals surface area (Å²) in [5.74, 6) is -0.708. The fourth-order valence-corrected chi connectivity index (χ4v) is 3.32. The highest BCUT2D eigenvalue weighted by Gasteiger charge is 2.17. The zero-order valence-corrected chi connectivity index (χ0v) is 17.6. The number of amides is 1. The first-order chi connectivity index (χ1) is 14.4. The molecule has 1 aromatic carbocycles. The molecule has 4 rings (SSSR count). The van der Waals surface area contributed by atoms with E-state index in [9.17, 15) is 14.0 Å². The molecule has 0 aliphatic heterocycles. The van der Waals surface area contributed by atoms with Gasteiger partial charge in [-0.15, -0.1) is 5.10 Å². The van der Waals surface area contributed by atoms with Crippen molar-refractivity contribution in [3.63, 3.8) is 0 Å². The molecule has 0 bridgehead atoms. The Hall–Kier alpha value is -3.40. The molecule has 0 spiro atoms. The number of benzene rings is 1. The summed E-state index contributed by atoms with van der Waals surface area (Å²) in [5.41, 5.74) is 1.67. The summed E-state index contributed by atoms with van der Waals surface area (Å²) >= 11 is 3.42. The Balaban J connectivity index is 1.71. The quantitative estimate of drug-likeness (QED) is 0.473. The first-order valence-corrected chi connectivity index (χ1v) is 9.86. The van der Waals surface area contributed by atoms with E-state index in [1.54, 1.807) is 12.3 Å². The van der Waals surface area contributed by atoms with Crippen LogP contribution in [0.3, 0.4) is 0 Å². The van der Waals surface area contributed by atoms with Crippen molar-refractivity contribution in [3.8, 4) is 11.4 Å². The van der Waals surface area contributed by atoms with E-state index in [0.29, 0.717) is 23.1 Å². The number of hydrogen-bond acceptors (Lipinski definition) is 5. The van der Waals surface area contributed by atoms with Gasteiger partial charge in [-0.1, -0.05) is 0 Å². The van der Waals surface area contributed by atoms with E-state index < -0.39 is 11.7 Å². The van der Waals surface area contributed by atoms with Crippen LogP contribution in [0, 0.1) is 12.7 Å². The second-order valence-corrected chi connectivity index (χ2v) is 7.41. The molecule has 1 amide bonds. The van der Waals surface area contributed by atoms with Gasteiger partial charge in [0.15, 0.2) is 5.82 Å². The average Bonchev–Trinajstić information content (AvgIpc) is 3.18. The lowest BCUT2D eigenvalue weighted by atomic mass is 10.1. The summed E-state index contributed by atoms with van der Waals surface area (Å²) in [5, 5.41) is 9.63. The predicted molar refractivity (Wildman–Crippen MR) is 114 cm³/mol. The summed E-state index contributed by atoms with van der Waals surface area (Å²) in [6, 6.07) is 6.83. The van der Waals surface area contributed by atoms with Crippen LogP contribution in [0.2, 0.25) is 0 Å². The van der Waals surface area contributed by atoms with Gasteiger partial charge in [-0.25, -0.2) is 9.37 Å². The van der Waals surface area contributed by atoms with Gasteiger partial charge in [-0.2, -0.15) is 4.98 Å². The molecular weight excluding hydrogens is 455 g/mol. The molecule has 0 radical (unpaired) electrons. The van der Waals surface area contributed by atoms with E-state index in [-0.39, 0.29) is 22.8 Å². The number of aromatic amines is 1. The molecular formula is C20H16BrFN6O2. The van der Waals surface area contributed by atoms with E-state index in [1.807, 2.05) is 18.4 Å². The molecule has 10 heteroatoms. The number of carbonyl (C=O) groups is 1. The highest BCUT2D eigenvalue weighted by Crippen LogP contribution is 2.22. The van der Waals surface area contributed by atoms with Gasteiger partial charge < -0.3 is 4.57 Å². The third-order valence-corrected chi connectivity index (χ3v) is 5.39. The summed E-state index contributed by atoms with van der Waals surface area (Å²) < 4.78 is 15.6. The van der Waals surface area contributed by atoms with Crippen LogP contribution in [0.15, 0.2) is 45.8 Å². The van der Waals surface area contributed by atoms with Gasteiger partial charge in [0.1, 0.15) is 11.5 Å². The van der Waals surface area contributed by atoms with Crippen LogP contribution in [0.4, 0.5) is 10.3 Å². The molecule has 3 heterocycles. The van der Waals surface area contributed by atoms with Crippen LogP contribution in [-0.2, 0) is 6.54 Å². The number of aryl methyl sites for hydroxylation is 2. The van der Waals surface area contributed by atoms with Crippen LogP contribution in [0.25, 0.3) is 22.4 Å². The van der Waals surface area contributed by atoms with Crippen molar-refractivity contribution < 1.29 is 9.18 Å². The van der Waals surface area contributed by atoms with Crippen LogP contribution in [0.1, 0.15) is 23.0 Å². The lowest BCUT2D eigenvalue weighted by Crippen LogP contribution is -2.14. The van der Waals surface area contributed by atoms with Crippen LogP contribution < -0.4 is 10.7 Å². The number of H-pyrrole nitrogens is 1. The van der Waals surface area contributed by atoms with Gasteiger partial charge in [0.25, 0.3) is 5.91 Å². The van der Waals surface area contributed by atoms with Crippen molar-refractivity contribution in [2.24, 2.45) is 0 Å². The molecule has 8 nitrogen and oxygen atoms in total. The van der Waals surface area contributed by atoms with Crippen LogP contribution in [-0.4, -0.2) is 30.6 Å². The van der Waals surface area contributed by atoms with Crippen molar-refractivity contribution in [2.75, 3.05) is 5.32 Å². The highest BCUT2D eigenvalue weighted by molar-refractivity contribution is 9.10. The minimum atomic E-state index is -0.492. The second-order valence-electron chi connectivity index (χ2n) is 6.55. The highest BCUT2D eigenvalue weighted by atomic mass is 79.9. The molecule has 3 aromatic heterocycles. The monoisotopic (exact) mass is 470 g/mol. The van der Waals surface area contributed by atoms with Crippen molar-refractivity contribution in [2.45, 2.75) is 20.4 Å². The molecule has 4 aromatic rings. The molecule has 0 aliphatic rings. The van der Waals surface area contributed by atoms with Gasteiger partial charge in [-0.05, 0) is 60.1 Å². The summed E-state index contributed by atoms with van der Waals surface area (Å²) in [7, 11) is 0. The maximum atomic E-state index is 13.1. The van der Waals surface area contributed by atoms with Gasteiger partial charge in [0, 0.05) is 22.8 Å². The Morgan fingerprint density at radius 2 is 2.00 bits per heavy atom. The number of nitrogens with one attached hydrogen (secondary N) is 2. The lowest BCUT2D eigenvalue weighted by molar-refractivity contribution is 0.102. The number of anilines is 1. The second kappa shape index (κ2) is 7.79. The number of rotatable bonds is 4. The van der Waals surface area contributed by atoms with E-state index in [2.05, 4.69) is 41.4 Å². The summed E-state index contributed by atoms with van der Waals surface area (Å²) in [6.45, 7) is 4.40. The lowest BCUT2D eigenvalue weighted by Gasteiger charge is -2.11. The largest absolute Gasteiger partial charge is 0.332 e. The maximum Gasteiger partial charge on any atom is 0.258 e. The smallest absolute Gasteiger partial charge is 0.258 e. The third-order valence-electron chi connectivity index (χ3n) is 4.59.